The summed E-state index contributed by atoms with van der Waals surface area (Å²) in [4.78, 5) is 33.2. The summed E-state index contributed by atoms with van der Waals surface area (Å²) in [6.45, 7) is 3.00. The van der Waals surface area contributed by atoms with E-state index in [1.165, 1.54) is 17.0 Å². The number of nitrogens with zero attached hydrogens (tertiary/aromatic N) is 3. The Hall–Kier alpha value is -2.74. The zero-order chi connectivity index (χ0) is 22.0. The smallest absolute Gasteiger partial charge is 0.233 e. The van der Waals surface area contributed by atoms with Gasteiger partial charge in [-0.3, -0.25) is 19.5 Å². The van der Waals surface area contributed by atoms with Crippen LogP contribution < -0.4 is 10.6 Å². The van der Waals surface area contributed by atoms with Crippen molar-refractivity contribution in [3.63, 3.8) is 0 Å². The summed E-state index contributed by atoms with van der Waals surface area (Å²) < 4.78 is 13.0. The Morgan fingerprint density at radius 3 is 2.32 bits per heavy atom. The van der Waals surface area contributed by atoms with Gasteiger partial charge in [-0.2, -0.15) is 0 Å². The minimum Gasteiger partial charge on any atom is -0.355 e. The highest BCUT2D eigenvalue weighted by atomic mass is 19.1. The third-order valence-corrected chi connectivity index (χ3v) is 6.56. The van der Waals surface area contributed by atoms with Crippen molar-refractivity contribution in [1.29, 1.82) is 0 Å². The lowest BCUT2D eigenvalue weighted by atomic mass is 9.85. The molecule has 31 heavy (non-hydrogen) atoms. The molecule has 2 bridgehead atoms. The Morgan fingerprint density at radius 1 is 1.10 bits per heavy atom. The molecule has 166 valence electrons. The van der Waals surface area contributed by atoms with Gasteiger partial charge in [-0.15, -0.1) is 0 Å². The summed E-state index contributed by atoms with van der Waals surface area (Å²) >= 11 is 0. The summed E-state index contributed by atoms with van der Waals surface area (Å²) in [5.41, 5.74) is 1.06. The molecule has 1 saturated carbocycles. The predicted molar refractivity (Wildman–Crippen MR) is 117 cm³/mol. The van der Waals surface area contributed by atoms with Gasteiger partial charge in [-0.05, 0) is 43.0 Å². The van der Waals surface area contributed by atoms with Crippen LogP contribution in [0, 0.1) is 29.5 Å². The molecule has 1 heterocycles. The number of likely N-dealkylation sites (tertiary alicyclic amines) is 1. The number of imide groups is 1. The third-order valence-electron chi connectivity index (χ3n) is 6.56. The topological polar surface area (TPSA) is 77.0 Å². The number of carbonyl (C=O) groups excluding carboxylic acids is 2. The normalized spacial score (nSPS) is 26.8. The highest BCUT2D eigenvalue weighted by molar-refractivity contribution is 6.06. The molecule has 1 aliphatic heterocycles. The highest BCUT2D eigenvalue weighted by Gasteiger charge is 2.58. The lowest BCUT2D eigenvalue weighted by Crippen LogP contribution is -2.45. The van der Waals surface area contributed by atoms with E-state index in [9.17, 15) is 14.0 Å². The molecule has 0 radical (unpaired) electrons. The van der Waals surface area contributed by atoms with Gasteiger partial charge in [0.05, 0.1) is 11.8 Å². The SMILES string of the molecule is CN=C(NCCN(C)Cc1ccc(F)cc1)NCCN1C(=O)C2C3C=CC(C3)C2C1=O. The van der Waals surface area contributed by atoms with Crippen molar-refractivity contribution in [2.45, 2.75) is 13.0 Å². The minimum atomic E-state index is -0.229. The maximum absolute atomic E-state index is 13.0. The molecule has 7 nitrogen and oxygen atoms in total. The van der Waals surface area contributed by atoms with Gasteiger partial charge in [-0.25, -0.2) is 4.39 Å². The van der Waals surface area contributed by atoms with E-state index < -0.39 is 0 Å². The van der Waals surface area contributed by atoms with Gasteiger partial charge in [0.2, 0.25) is 11.8 Å². The number of fused-ring (bicyclic) bond motifs is 5. The molecule has 3 aliphatic rings. The minimum absolute atomic E-state index is 0.0148. The van der Waals surface area contributed by atoms with Gasteiger partial charge in [0.25, 0.3) is 0 Å². The Morgan fingerprint density at radius 2 is 1.71 bits per heavy atom. The van der Waals surface area contributed by atoms with Crippen molar-refractivity contribution in [2.24, 2.45) is 28.7 Å². The van der Waals surface area contributed by atoms with Crippen LogP contribution in [0.3, 0.4) is 0 Å². The molecule has 1 saturated heterocycles. The van der Waals surface area contributed by atoms with Gasteiger partial charge in [0.15, 0.2) is 5.96 Å². The number of aliphatic imine (C=N–C) groups is 1. The van der Waals surface area contributed by atoms with E-state index in [-0.39, 0.29) is 41.3 Å². The molecule has 2 amide bonds. The van der Waals surface area contributed by atoms with Gasteiger partial charge in [0.1, 0.15) is 5.82 Å². The molecule has 0 spiro atoms. The number of hydrogen-bond acceptors (Lipinski definition) is 4. The number of allylic oxidation sites excluding steroid dienone is 2. The van der Waals surface area contributed by atoms with Crippen molar-refractivity contribution in [3.05, 3.63) is 47.8 Å². The van der Waals surface area contributed by atoms with E-state index in [4.69, 9.17) is 0 Å². The van der Waals surface area contributed by atoms with Crippen LogP contribution in [-0.2, 0) is 16.1 Å². The van der Waals surface area contributed by atoms with E-state index in [1.54, 1.807) is 19.2 Å². The van der Waals surface area contributed by atoms with E-state index in [1.807, 2.05) is 7.05 Å². The van der Waals surface area contributed by atoms with Crippen molar-refractivity contribution in [2.75, 3.05) is 40.3 Å². The lowest BCUT2D eigenvalue weighted by Gasteiger charge is -2.20. The third kappa shape index (κ3) is 4.49. The largest absolute Gasteiger partial charge is 0.355 e. The van der Waals surface area contributed by atoms with Crippen LogP contribution in [0.15, 0.2) is 41.4 Å². The molecule has 2 fully saturated rings. The van der Waals surface area contributed by atoms with Crippen LogP contribution in [0.4, 0.5) is 4.39 Å². The van der Waals surface area contributed by atoms with Crippen LogP contribution in [0.1, 0.15) is 12.0 Å². The first kappa shape index (κ1) is 21.5. The Labute approximate surface area is 182 Å². The summed E-state index contributed by atoms with van der Waals surface area (Å²) in [6.07, 6.45) is 5.17. The van der Waals surface area contributed by atoms with E-state index in [0.29, 0.717) is 25.6 Å². The maximum atomic E-state index is 13.0. The zero-order valence-electron chi connectivity index (χ0n) is 18.1. The summed E-state index contributed by atoms with van der Waals surface area (Å²) in [5.74, 6) is 0.575. The van der Waals surface area contributed by atoms with Crippen LogP contribution in [-0.4, -0.2) is 67.8 Å². The molecule has 4 unspecified atom stereocenters. The van der Waals surface area contributed by atoms with Crippen LogP contribution in [0.2, 0.25) is 0 Å². The van der Waals surface area contributed by atoms with Gasteiger partial charge in [0, 0.05) is 39.8 Å². The second kappa shape index (κ2) is 9.18. The molecular formula is C23H30FN5O2. The van der Waals surface area contributed by atoms with E-state index >= 15 is 0 Å². The quantitative estimate of drug-likeness (QED) is 0.282. The fraction of sp³-hybridized carbons (Fsp3) is 0.522. The molecule has 0 aromatic heterocycles. The standard InChI is InChI=1S/C23H30FN5O2/c1-25-23(26-9-11-28(2)14-15-3-7-18(24)8-4-15)27-10-12-29-21(30)19-16-5-6-17(13-16)20(19)22(29)31/h3-8,16-17,19-20H,9-14H2,1-2H3,(H2,25,26,27). The average molecular weight is 428 g/mol. The summed E-state index contributed by atoms with van der Waals surface area (Å²) in [5, 5.41) is 6.43. The first-order chi connectivity index (χ1) is 15.0. The molecule has 2 aliphatic carbocycles. The number of hydrogen-bond donors (Lipinski definition) is 2. The molecule has 4 atom stereocenters. The van der Waals surface area contributed by atoms with Crippen molar-refractivity contribution in [1.82, 2.24) is 20.4 Å². The maximum Gasteiger partial charge on any atom is 0.233 e. The molecule has 2 N–H and O–H groups in total. The van der Waals surface area contributed by atoms with Crippen LogP contribution in [0.25, 0.3) is 0 Å². The molecule has 4 rings (SSSR count). The molecule has 8 heteroatoms. The monoisotopic (exact) mass is 427 g/mol. The van der Waals surface area contributed by atoms with Crippen LogP contribution in [0.5, 0.6) is 0 Å². The summed E-state index contributed by atoms with van der Waals surface area (Å²) in [6, 6.07) is 6.52. The molecular weight excluding hydrogens is 397 g/mol. The number of nitrogens with one attached hydrogen (secondary N) is 2. The van der Waals surface area contributed by atoms with Crippen LogP contribution >= 0.6 is 0 Å². The fourth-order valence-electron chi connectivity index (χ4n) is 5.04. The second-order valence-electron chi connectivity index (χ2n) is 8.62. The Balaban J connectivity index is 1.17. The summed E-state index contributed by atoms with van der Waals surface area (Å²) in [7, 11) is 3.70. The number of halogens is 1. The number of rotatable bonds is 8. The first-order valence-corrected chi connectivity index (χ1v) is 10.9. The van der Waals surface area contributed by atoms with E-state index in [0.717, 1.165) is 25.1 Å². The lowest BCUT2D eigenvalue weighted by molar-refractivity contribution is -0.140. The first-order valence-electron chi connectivity index (χ1n) is 10.9. The van der Waals surface area contributed by atoms with Crippen molar-refractivity contribution in [3.8, 4) is 0 Å². The number of likely N-dealkylation sites (N-methyl/N-ethyl adjacent to an activating group) is 1. The van der Waals surface area contributed by atoms with E-state index in [2.05, 4.69) is 32.7 Å². The number of carbonyl (C=O) groups is 2. The highest BCUT2D eigenvalue weighted by Crippen LogP contribution is 2.52. The van der Waals surface area contributed by atoms with Gasteiger partial charge >= 0.3 is 0 Å². The number of guanidine groups is 1. The Kier molecular flexibility index (Phi) is 6.36. The average Bonchev–Trinajstić information content (AvgIpc) is 3.44. The molecule has 1 aromatic rings. The van der Waals surface area contributed by atoms with Crippen molar-refractivity contribution >= 4 is 17.8 Å². The van der Waals surface area contributed by atoms with Gasteiger partial charge in [-0.1, -0.05) is 24.3 Å². The second-order valence-corrected chi connectivity index (χ2v) is 8.62. The molecule has 1 aromatic carbocycles. The Bertz CT molecular complexity index is 854. The van der Waals surface area contributed by atoms with Gasteiger partial charge < -0.3 is 15.5 Å². The fourth-order valence-corrected chi connectivity index (χ4v) is 5.04. The van der Waals surface area contributed by atoms with Crippen molar-refractivity contribution < 1.29 is 14.0 Å². The predicted octanol–water partition coefficient (Wildman–Crippen LogP) is 1.23. The number of benzene rings is 1. The zero-order valence-corrected chi connectivity index (χ0v) is 18.1. The number of amides is 2.